The molecule has 0 unspecified atom stereocenters. The van der Waals surface area contributed by atoms with Crippen LogP contribution in [0.2, 0.25) is 0 Å². The van der Waals surface area contributed by atoms with Crippen LogP contribution in [-0.2, 0) is 12.7 Å². The molecule has 2 aromatic rings. The van der Waals surface area contributed by atoms with Gasteiger partial charge in [0.15, 0.2) is 0 Å². The molecule has 22 heavy (non-hydrogen) atoms. The van der Waals surface area contributed by atoms with Crippen LogP contribution in [0.15, 0.2) is 18.2 Å². The van der Waals surface area contributed by atoms with Gasteiger partial charge in [-0.2, -0.15) is 18.3 Å². The molecule has 4 nitrogen and oxygen atoms in total. The van der Waals surface area contributed by atoms with Crippen molar-refractivity contribution in [3.8, 4) is 0 Å². The van der Waals surface area contributed by atoms with Gasteiger partial charge in [-0.1, -0.05) is 0 Å². The molecule has 1 aliphatic heterocycles. The summed E-state index contributed by atoms with van der Waals surface area (Å²) in [7, 11) is 0. The summed E-state index contributed by atoms with van der Waals surface area (Å²) in [6.07, 6.45) is -2.64. The molecule has 0 spiro atoms. The summed E-state index contributed by atoms with van der Waals surface area (Å²) < 4.78 is 40.5. The Kier molecular flexibility index (Phi) is 4.10. The smallest absolute Gasteiger partial charge is 0.394 e. The molecule has 0 aliphatic carbocycles. The van der Waals surface area contributed by atoms with Crippen LogP contribution < -0.4 is 5.32 Å². The van der Waals surface area contributed by atoms with Crippen molar-refractivity contribution in [1.82, 2.24) is 15.1 Å². The van der Waals surface area contributed by atoms with Crippen molar-refractivity contribution in [2.45, 2.75) is 31.5 Å². The number of aliphatic hydroxyl groups excluding tert-OH is 1. The Hall–Kier alpha value is -1.60. The lowest BCUT2D eigenvalue weighted by Crippen LogP contribution is -2.27. The molecule has 1 fully saturated rings. The summed E-state index contributed by atoms with van der Waals surface area (Å²) in [6, 6.07) is 3.71. The van der Waals surface area contributed by atoms with Gasteiger partial charge in [-0.3, -0.25) is 4.68 Å². The number of aromatic nitrogens is 2. The van der Waals surface area contributed by atoms with E-state index < -0.39 is 11.7 Å². The van der Waals surface area contributed by atoms with Crippen molar-refractivity contribution >= 4 is 10.9 Å². The highest BCUT2D eigenvalue weighted by molar-refractivity contribution is 5.83. The molecule has 3 rings (SSSR count). The lowest BCUT2D eigenvalue weighted by atomic mass is 9.92. The number of piperidine rings is 1. The first kappa shape index (κ1) is 15.3. The van der Waals surface area contributed by atoms with Crippen LogP contribution in [0, 0.1) is 0 Å². The fraction of sp³-hybridized carbons (Fsp3) is 0.533. The van der Waals surface area contributed by atoms with E-state index in [-0.39, 0.29) is 19.1 Å². The molecule has 0 amide bonds. The van der Waals surface area contributed by atoms with E-state index >= 15 is 0 Å². The van der Waals surface area contributed by atoms with E-state index in [9.17, 15) is 13.2 Å². The number of nitrogens with zero attached hydrogens (tertiary/aromatic N) is 2. The van der Waals surface area contributed by atoms with Crippen molar-refractivity contribution < 1.29 is 18.3 Å². The Bertz CT molecular complexity index is 660. The Morgan fingerprint density at radius 1 is 1.27 bits per heavy atom. The Labute approximate surface area is 125 Å². The second-order valence-corrected chi connectivity index (χ2v) is 5.59. The maximum Gasteiger partial charge on any atom is 0.416 e. The van der Waals surface area contributed by atoms with E-state index in [4.69, 9.17) is 5.11 Å². The van der Waals surface area contributed by atoms with Gasteiger partial charge in [0.05, 0.1) is 29.9 Å². The minimum atomic E-state index is -4.36. The van der Waals surface area contributed by atoms with Gasteiger partial charge in [0, 0.05) is 11.3 Å². The third kappa shape index (κ3) is 2.83. The minimum absolute atomic E-state index is 0.0938. The molecule has 0 saturated carbocycles. The van der Waals surface area contributed by atoms with Gasteiger partial charge in [-0.15, -0.1) is 0 Å². The molecule has 2 N–H and O–H groups in total. The van der Waals surface area contributed by atoms with Crippen LogP contribution in [-0.4, -0.2) is 34.6 Å². The van der Waals surface area contributed by atoms with Crippen molar-refractivity contribution in [3.63, 3.8) is 0 Å². The highest BCUT2D eigenvalue weighted by atomic mass is 19.4. The predicted octanol–water partition coefficient (Wildman–Crippen LogP) is 2.51. The molecule has 2 heterocycles. The zero-order valence-electron chi connectivity index (χ0n) is 12.0. The summed E-state index contributed by atoms with van der Waals surface area (Å²) >= 11 is 0. The number of aliphatic hydroxyl groups is 1. The lowest BCUT2D eigenvalue weighted by Gasteiger charge is -2.21. The molecule has 0 atom stereocenters. The third-order valence-electron chi connectivity index (χ3n) is 4.14. The molecule has 1 aromatic heterocycles. The number of benzene rings is 1. The van der Waals surface area contributed by atoms with E-state index in [1.165, 1.54) is 12.1 Å². The molecule has 1 saturated heterocycles. The summed E-state index contributed by atoms with van der Waals surface area (Å²) in [5.74, 6) is 0.159. The van der Waals surface area contributed by atoms with Crippen molar-refractivity contribution in [1.29, 1.82) is 0 Å². The third-order valence-corrected chi connectivity index (χ3v) is 4.14. The van der Waals surface area contributed by atoms with Gasteiger partial charge in [-0.05, 0) is 44.1 Å². The number of hydrogen-bond donors (Lipinski definition) is 2. The molecule has 1 aliphatic rings. The van der Waals surface area contributed by atoms with E-state index in [1.807, 2.05) is 0 Å². The molecule has 1 aromatic carbocycles. The monoisotopic (exact) mass is 313 g/mol. The minimum Gasteiger partial charge on any atom is -0.394 e. The van der Waals surface area contributed by atoms with Crippen molar-refractivity contribution in [2.24, 2.45) is 0 Å². The number of halogens is 3. The summed E-state index contributed by atoms with van der Waals surface area (Å²) in [5, 5.41) is 17.4. The molecule has 120 valence electrons. The van der Waals surface area contributed by atoms with Crippen LogP contribution in [0.1, 0.15) is 30.0 Å². The van der Waals surface area contributed by atoms with Crippen LogP contribution in [0.4, 0.5) is 13.2 Å². The van der Waals surface area contributed by atoms with E-state index in [0.717, 1.165) is 37.7 Å². The first-order valence-corrected chi connectivity index (χ1v) is 7.40. The van der Waals surface area contributed by atoms with E-state index in [2.05, 4.69) is 10.4 Å². The fourth-order valence-corrected chi connectivity index (χ4v) is 3.04. The van der Waals surface area contributed by atoms with E-state index in [1.54, 1.807) is 4.68 Å². The number of rotatable bonds is 3. The maximum absolute atomic E-state index is 13.0. The molecule has 7 heteroatoms. The first-order chi connectivity index (χ1) is 10.5. The summed E-state index contributed by atoms with van der Waals surface area (Å²) in [5.41, 5.74) is 0.713. The second kappa shape index (κ2) is 5.89. The van der Waals surface area contributed by atoms with E-state index in [0.29, 0.717) is 10.9 Å². The second-order valence-electron chi connectivity index (χ2n) is 5.59. The van der Waals surface area contributed by atoms with Gasteiger partial charge in [0.25, 0.3) is 0 Å². The average Bonchev–Trinajstić information content (AvgIpc) is 2.86. The maximum atomic E-state index is 13.0. The van der Waals surface area contributed by atoms with Crippen molar-refractivity contribution in [3.05, 3.63) is 29.5 Å². The standard InChI is InChI=1S/C15H18F3N3O/c16-15(17,18)11-1-2-13-12(9-11)14(20-21(13)7-8-22)10-3-5-19-6-4-10/h1-2,9-10,19,22H,3-8H2. The van der Waals surface area contributed by atoms with Crippen molar-refractivity contribution in [2.75, 3.05) is 19.7 Å². The lowest BCUT2D eigenvalue weighted by molar-refractivity contribution is -0.137. The number of fused-ring (bicyclic) bond motifs is 1. The largest absolute Gasteiger partial charge is 0.416 e. The zero-order valence-corrected chi connectivity index (χ0v) is 12.0. The van der Waals surface area contributed by atoms with Gasteiger partial charge in [0.1, 0.15) is 0 Å². The number of alkyl halides is 3. The molecular weight excluding hydrogens is 295 g/mol. The van der Waals surface area contributed by atoms with Crippen LogP contribution in [0.3, 0.4) is 0 Å². The SMILES string of the molecule is OCCn1nc(C2CCNCC2)c2cc(C(F)(F)F)ccc21. The summed E-state index contributed by atoms with van der Waals surface area (Å²) in [4.78, 5) is 0. The van der Waals surface area contributed by atoms with Crippen LogP contribution in [0.25, 0.3) is 10.9 Å². The van der Waals surface area contributed by atoms with Crippen LogP contribution >= 0.6 is 0 Å². The van der Waals surface area contributed by atoms with Gasteiger partial charge in [-0.25, -0.2) is 0 Å². The Morgan fingerprint density at radius 3 is 2.64 bits per heavy atom. The predicted molar refractivity (Wildman–Crippen MR) is 76.7 cm³/mol. The normalized spacial score (nSPS) is 17.3. The fourth-order valence-electron chi connectivity index (χ4n) is 3.04. The molecular formula is C15H18F3N3O. The van der Waals surface area contributed by atoms with Gasteiger partial charge in [0.2, 0.25) is 0 Å². The Balaban J connectivity index is 2.11. The highest BCUT2D eigenvalue weighted by Crippen LogP contribution is 2.35. The topological polar surface area (TPSA) is 50.1 Å². The molecule has 0 radical (unpaired) electrons. The van der Waals surface area contributed by atoms with Gasteiger partial charge < -0.3 is 10.4 Å². The number of nitrogens with one attached hydrogen (secondary N) is 1. The van der Waals surface area contributed by atoms with Crippen LogP contribution in [0.5, 0.6) is 0 Å². The highest BCUT2D eigenvalue weighted by Gasteiger charge is 2.32. The molecule has 0 bridgehead atoms. The quantitative estimate of drug-likeness (QED) is 0.915. The summed E-state index contributed by atoms with van der Waals surface area (Å²) in [6.45, 7) is 1.88. The number of hydrogen-bond acceptors (Lipinski definition) is 3. The van der Waals surface area contributed by atoms with Gasteiger partial charge >= 0.3 is 6.18 Å². The average molecular weight is 313 g/mol. The Morgan fingerprint density at radius 2 is 2.00 bits per heavy atom. The zero-order chi connectivity index (χ0) is 15.7. The first-order valence-electron chi connectivity index (χ1n) is 7.40.